The first-order valence-electron chi connectivity index (χ1n) is 4.18. The summed E-state index contributed by atoms with van der Waals surface area (Å²) in [4.78, 5) is 11.1. The SMILES string of the molecule is C=C1C(=O)NC2=CC(F)C(C)C=C12. The molecule has 2 aliphatic rings. The van der Waals surface area contributed by atoms with E-state index in [2.05, 4.69) is 11.9 Å². The molecule has 1 heterocycles. The normalized spacial score (nSPS) is 32.2. The first-order chi connectivity index (χ1) is 6.09. The third-order valence-electron chi connectivity index (χ3n) is 2.40. The maximum Gasteiger partial charge on any atom is 0.255 e. The molecule has 2 nitrogen and oxygen atoms in total. The lowest BCUT2D eigenvalue weighted by molar-refractivity contribution is -0.115. The Morgan fingerprint density at radius 3 is 2.92 bits per heavy atom. The molecule has 0 radical (unpaired) electrons. The van der Waals surface area contributed by atoms with Crippen molar-refractivity contribution >= 4 is 5.91 Å². The summed E-state index contributed by atoms with van der Waals surface area (Å²) in [5, 5.41) is 2.57. The molecule has 1 amide bonds. The number of allylic oxidation sites excluding steroid dienone is 3. The van der Waals surface area contributed by atoms with Crippen molar-refractivity contribution in [1.29, 1.82) is 0 Å². The van der Waals surface area contributed by atoms with Crippen LogP contribution in [0.25, 0.3) is 0 Å². The van der Waals surface area contributed by atoms with Gasteiger partial charge in [0, 0.05) is 22.8 Å². The second-order valence-electron chi connectivity index (χ2n) is 3.40. The van der Waals surface area contributed by atoms with Crippen LogP contribution in [0.3, 0.4) is 0 Å². The summed E-state index contributed by atoms with van der Waals surface area (Å²) in [6, 6.07) is 0. The van der Waals surface area contributed by atoms with E-state index in [0.29, 0.717) is 11.3 Å². The van der Waals surface area contributed by atoms with Crippen LogP contribution in [0.15, 0.2) is 35.6 Å². The summed E-state index contributed by atoms with van der Waals surface area (Å²) >= 11 is 0. The van der Waals surface area contributed by atoms with E-state index in [9.17, 15) is 9.18 Å². The second kappa shape index (κ2) is 2.55. The highest BCUT2D eigenvalue weighted by atomic mass is 19.1. The first kappa shape index (κ1) is 8.23. The molecule has 0 aromatic carbocycles. The van der Waals surface area contributed by atoms with Gasteiger partial charge in [-0.3, -0.25) is 4.79 Å². The number of carbonyl (C=O) groups excluding carboxylic acids is 1. The molecule has 1 aliphatic heterocycles. The number of alkyl halides is 1. The molecule has 2 unspecified atom stereocenters. The van der Waals surface area contributed by atoms with E-state index in [-0.39, 0.29) is 11.8 Å². The van der Waals surface area contributed by atoms with Gasteiger partial charge < -0.3 is 5.32 Å². The Bertz CT molecular complexity index is 354. The number of halogens is 1. The van der Waals surface area contributed by atoms with Crippen molar-refractivity contribution in [1.82, 2.24) is 5.32 Å². The highest BCUT2D eigenvalue weighted by molar-refractivity contribution is 6.04. The molecule has 2 atom stereocenters. The maximum absolute atomic E-state index is 13.2. The van der Waals surface area contributed by atoms with E-state index in [1.807, 2.05) is 0 Å². The molecule has 0 aromatic rings. The van der Waals surface area contributed by atoms with Gasteiger partial charge in [-0.25, -0.2) is 4.39 Å². The van der Waals surface area contributed by atoms with E-state index in [1.54, 1.807) is 13.0 Å². The molecule has 13 heavy (non-hydrogen) atoms. The van der Waals surface area contributed by atoms with Gasteiger partial charge in [0.05, 0.1) is 0 Å². The third kappa shape index (κ3) is 1.11. The van der Waals surface area contributed by atoms with Crippen LogP contribution in [0.1, 0.15) is 6.92 Å². The van der Waals surface area contributed by atoms with Gasteiger partial charge in [-0.2, -0.15) is 0 Å². The molecule has 0 saturated carbocycles. The van der Waals surface area contributed by atoms with Crippen LogP contribution in [0.2, 0.25) is 0 Å². The third-order valence-corrected chi connectivity index (χ3v) is 2.40. The lowest BCUT2D eigenvalue weighted by Crippen LogP contribution is -2.18. The zero-order chi connectivity index (χ0) is 9.59. The number of rotatable bonds is 0. The van der Waals surface area contributed by atoms with Crippen molar-refractivity contribution in [3.05, 3.63) is 35.6 Å². The molecule has 1 fully saturated rings. The van der Waals surface area contributed by atoms with Crippen molar-refractivity contribution in [3.63, 3.8) is 0 Å². The Hall–Kier alpha value is -1.38. The standard InChI is InChI=1S/C10H10FNO/c1-5-3-7-6(2)10(13)12-9(7)4-8(5)11/h3-5,8H,2H2,1H3,(H,12,13). The molecule has 1 aliphatic carbocycles. The van der Waals surface area contributed by atoms with Gasteiger partial charge in [0.1, 0.15) is 6.17 Å². The van der Waals surface area contributed by atoms with E-state index < -0.39 is 6.17 Å². The zero-order valence-electron chi connectivity index (χ0n) is 7.30. The molecular formula is C10H10FNO. The molecule has 68 valence electrons. The average molecular weight is 179 g/mol. The van der Waals surface area contributed by atoms with E-state index in [1.165, 1.54) is 6.08 Å². The Balaban J connectivity index is 2.44. The van der Waals surface area contributed by atoms with Gasteiger partial charge >= 0.3 is 0 Å². The van der Waals surface area contributed by atoms with Crippen LogP contribution in [-0.4, -0.2) is 12.1 Å². The monoisotopic (exact) mass is 179 g/mol. The van der Waals surface area contributed by atoms with Gasteiger partial charge in [-0.15, -0.1) is 0 Å². The predicted octanol–water partition coefficient (Wildman–Crippen LogP) is 1.47. The number of hydrogen-bond donors (Lipinski definition) is 1. The van der Waals surface area contributed by atoms with Crippen LogP contribution >= 0.6 is 0 Å². The molecule has 2 rings (SSSR count). The topological polar surface area (TPSA) is 29.1 Å². The molecule has 1 saturated heterocycles. The summed E-state index contributed by atoms with van der Waals surface area (Å²) in [5.74, 6) is -0.401. The van der Waals surface area contributed by atoms with Crippen LogP contribution in [0.4, 0.5) is 4.39 Å². The number of fused-ring (bicyclic) bond motifs is 1. The van der Waals surface area contributed by atoms with Crippen molar-refractivity contribution in [2.45, 2.75) is 13.1 Å². The van der Waals surface area contributed by atoms with Crippen LogP contribution in [0, 0.1) is 5.92 Å². The minimum absolute atomic E-state index is 0.178. The Kier molecular flexibility index (Phi) is 1.62. The fourth-order valence-corrected chi connectivity index (χ4v) is 1.54. The zero-order valence-corrected chi connectivity index (χ0v) is 7.30. The molecular weight excluding hydrogens is 169 g/mol. The fourth-order valence-electron chi connectivity index (χ4n) is 1.54. The van der Waals surface area contributed by atoms with Crippen LogP contribution in [-0.2, 0) is 4.79 Å². The smallest absolute Gasteiger partial charge is 0.255 e. The number of amides is 1. The van der Waals surface area contributed by atoms with Crippen LogP contribution < -0.4 is 5.32 Å². The lowest BCUT2D eigenvalue weighted by atomic mass is 9.92. The average Bonchev–Trinajstić information content (AvgIpc) is 2.32. The van der Waals surface area contributed by atoms with Gasteiger partial charge in [-0.1, -0.05) is 19.6 Å². The second-order valence-corrected chi connectivity index (χ2v) is 3.40. The lowest BCUT2D eigenvalue weighted by Gasteiger charge is -2.16. The molecule has 0 aromatic heterocycles. The minimum Gasteiger partial charge on any atom is -0.322 e. The molecule has 1 N–H and O–H groups in total. The maximum atomic E-state index is 13.2. The molecule has 0 bridgehead atoms. The quantitative estimate of drug-likeness (QED) is 0.560. The number of hydrogen-bond acceptors (Lipinski definition) is 1. The van der Waals surface area contributed by atoms with E-state index in [4.69, 9.17) is 0 Å². The predicted molar refractivity (Wildman–Crippen MR) is 47.5 cm³/mol. The fraction of sp³-hybridized carbons (Fsp3) is 0.300. The highest BCUT2D eigenvalue weighted by Crippen LogP contribution is 2.31. The summed E-state index contributed by atoms with van der Waals surface area (Å²) in [6.45, 7) is 5.41. The number of nitrogens with one attached hydrogen (secondary N) is 1. The van der Waals surface area contributed by atoms with Crippen molar-refractivity contribution in [3.8, 4) is 0 Å². The summed E-state index contributed by atoms with van der Waals surface area (Å²) in [7, 11) is 0. The van der Waals surface area contributed by atoms with E-state index in [0.717, 1.165) is 5.57 Å². The van der Waals surface area contributed by atoms with Crippen molar-refractivity contribution in [2.75, 3.05) is 0 Å². The number of carbonyl (C=O) groups is 1. The Labute approximate surface area is 75.8 Å². The first-order valence-corrected chi connectivity index (χ1v) is 4.18. The van der Waals surface area contributed by atoms with Crippen LogP contribution in [0.5, 0.6) is 0 Å². The van der Waals surface area contributed by atoms with Gasteiger partial charge in [0.15, 0.2) is 0 Å². The summed E-state index contributed by atoms with van der Waals surface area (Å²) < 4.78 is 13.2. The van der Waals surface area contributed by atoms with E-state index >= 15 is 0 Å². The summed E-state index contributed by atoms with van der Waals surface area (Å²) in [6.07, 6.45) is 2.18. The van der Waals surface area contributed by atoms with Gasteiger partial charge in [0.25, 0.3) is 5.91 Å². The van der Waals surface area contributed by atoms with Gasteiger partial charge in [-0.05, 0) is 6.08 Å². The van der Waals surface area contributed by atoms with Crippen molar-refractivity contribution in [2.24, 2.45) is 5.92 Å². The largest absolute Gasteiger partial charge is 0.322 e. The Morgan fingerprint density at radius 2 is 2.23 bits per heavy atom. The van der Waals surface area contributed by atoms with Gasteiger partial charge in [0.2, 0.25) is 0 Å². The molecule has 3 heteroatoms. The highest BCUT2D eigenvalue weighted by Gasteiger charge is 2.31. The summed E-state index contributed by atoms with van der Waals surface area (Å²) in [5.41, 5.74) is 1.76. The molecule has 0 spiro atoms. The minimum atomic E-state index is -1.01. The Morgan fingerprint density at radius 1 is 1.54 bits per heavy atom. The van der Waals surface area contributed by atoms with Crippen molar-refractivity contribution < 1.29 is 9.18 Å².